The van der Waals surface area contributed by atoms with E-state index in [0.29, 0.717) is 6.04 Å². The lowest BCUT2D eigenvalue weighted by molar-refractivity contribution is 0.0494. The molecular weight excluding hydrogens is 346 g/mol. The lowest BCUT2D eigenvalue weighted by Gasteiger charge is -2.38. The third-order valence-electron chi connectivity index (χ3n) is 4.40. The van der Waals surface area contributed by atoms with E-state index in [4.69, 9.17) is 9.72 Å². The van der Waals surface area contributed by atoms with Crippen LogP contribution in [0, 0.1) is 0 Å². The summed E-state index contributed by atoms with van der Waals surface area (Å²) in [5, 5.41) is 6.17. The Morgan fingerprint density at radius 2 is 2.04 bits per heavy atom. The molecule has 0 saturated carbocycles. The zero-order chi connectivity index (χ0) is 18.7. The molecule has 0 radical (unpaired) electrons. The van der Waals surface area contributed by atoms with Crippen LogP contribution in [0.5, 0.6) is 0 Å². The Balaban J connectivity index is 1.59. The number of aromatic nitrogens is 1. The van der Waals surface area contributed by atoms with Crippen molar-refractivity contribution in [2.75, 3.05) is 11.4 Å². The summed E-state index contributed by atoms with van der Waals surface area (Å²) in [5.41, 5.74) is 1.70. The molecule has 1 amide bonds. The van der Waals surface area contributed by atoms with Crippen LogP contribution in [0.1, 0.15) is 40.5 Å². The fourth-order valence-electron chi connectivity index (χ4n) is 3.20. The summed E-state index contributed by atoms with van der Waals surface area (Å²) in [6.45, 7) is 8.70. The number of carbonyl (C=O) groups is 1. The first-order valence-corrected chi connectivity index (χ1v) is 9.97. The topological polar surface area (TPSA) is 54.5 Å². The summed E-state index contributed by atoms with van der Waals surface area (Å²) in [7, 11) is 0. The first-order chi connectivity index (χ1) is 12.3. The standard InChI is InChI=1S/C20H27N3O2S/c1-14-12-16(21-19(24)25-20(2,3)4)10-11-23(14)18-22-17(13-26-18)15-8-6-5-7-9-15/h5-9,13-14,16H,10-12H2,1-4H3,(H,21,24). The number of thiazole rings is 1. The number of ether oxygens (including phenoxy) is 1. The van der Waals surface area contributed by atoms with Crippen molar-refractivity contribution in [2.45, 2.75) is 58.2 Å². The normalized spacial score (nSPS) is 20.7. The van der Waals surface area contributed by atoms with Crippen molar-refractivity contribution < 1.29 is 9.53 Å². The van der Waals surface area contributed by atoms with Gasteiger partial charge in [0.1, 0.15) is 5.60 Å². The second-order valence-electron chi connectivity index (χ2n) is 7.79. The van der Waals surface area contributed by atoms with Crippen LogP contribution < -0.4 is 10.2 Å². The average molecular weight is 374 g/mol. The summed E-state index contributed by atoms with van der Waals surface area (Å²) in [6, 6.07) is 10.7. The van der Waals surface area contributed by atoms with Gasteiger partial charge in [0.15, 0.2) is 5.13 Å². The maximum Gasteiger partial charge on any atom is 0.407 e. The number of hydrogen-bond donors (Lipinski definition) is 1. The van der Waals surface area contributed by atoms with Gasteiger partial charge in [0.05, 0.1) is 5.69 Å². The number of nitrogens with one attached hydrogen (secondary N) is 1. The van der Waals surface area contributed by atoms with Crippen LogP contribution in [0.15, 0.2) is 35.7 Å². The Morgan fingerprint density at radius 1 is 1.31 bits per heavy atom. The van der Waals surface area contributed by atoms with E-state index in [9.17, 15) is 4.79 Å². The van der Waals surface area contributed by atoms with E-state index in [1.54, 1.807) is 11.3 Å². The Hall–Kier alpha value is -2.08. The number of anilines is 1. The molecule has 1 aromatic heterocycles. The maximum absolute atomic E-state index is 12.0. The number of benzene rings is 1. The van der Waals surface area contributed by atoms with Crippen molar-refractivity contribution in [2.24, 2.45) is 0 Å². The second kappa shape index (κ2) is 7.66. The predicted octanol–water partition coefficient (Wildman–Crippen LogP) is 4.69. The molecule has 1 aliphatic heterocycles. The highest BCUT2D eigenvalue weighted by atomic mass is 32.1. The van der Waals surface area contributed by atoms with E-state index in [0.717, 1.165) is 35.8 Å². The monoisotopic (exact) mass is 373 g/mol. The molecular formula is C20H27N3O2S. The zero-order valence-electron chi connectivity index (χ0n) is 15.9. The molecule has 140 valence electrons. The second-order valence-corrected chi connectivity index (χ2v) is 8.63. The highest BCUT2D eigenvalue weighted by Gasteiger charge is 2.29. The number of rotatable bonds is 3. The van der Waals surface area contributed by atoms with E-state index < -0.39 is 5.60 Å². The molecule has 1 saturated heterocycles. The summed E-state index contributed by atoms with van der Waals surface area (Å²) in [6.07, 6.45) is 1.45. The first-order valence-electron chi connectivity index (χ1n) is 9.09. The largest absolute Gasteiger partial charge is 0.444 e. The van der Waals surface area contributed by atoms with E-state index in [1.807, 2.05) is 39.0 Å². The predicted molar refractivity (Wildman–Crippen MR) is 107 cm³/mol. The molecule has 5 nitrogen and oxygen atoms in total. The number of nitrogens with zero attached hydrogens (tertiary/aromatic N) is 2. The van der Waals surface area contributed by atoms with Crippen molar-refractivity contribution in [3.8, 4) is 11.3 Å². The first kappa shape index (κ1) is 18.7. The Labute approximate surface area is 159 Å². The van der Waals surface area contributed by atoms with Crippen molar-refractivity contribution in [3.63, 3.8) is 0 Å². The van der Waals surface area contributed by atoms with Crippen molar-refractivity contribution in [1.82, 2.24) is 10.3 Å². The van der Waals surface area contributed by atoms with E-state index in [1.165, 1.54) is 0 Å². The van der Waals surface area contributed by atoms with Gasteiger partial charge in [0.2, 0.25) is 0 Å². The van der Waals surface area contributed by atoms with Gasteiger partial charge in [-0.3, -0.25) is 0 Å². The van der Waals surface area contributed by atoms with Gasteiger partial charge < -0.3 is 15.0 Å². The highest BCUT2D eigenvalue weighted by molar-refractivity contribution is 7.14. The SMILES string of the molecule is CC1CC(NC(=O)OC(C)(C)C)CCN1c1nc(-c2ccccc2)cs1. The van der Waals surface area contributed by atoms with Crippen LogP contribution in [-0.4, -0.2) is 35.3 Å². The molecule has 1 fully saturated rings. The molecule has 2 atom stereocenters. The summed E-state index contributed by atoms with van der Waals surface area (Å²) < 4.78 is 5.37. The Kier molecular flexibility index (Phi) is 5.51. The van der Waals surface area contributed by atoms with Gasteiger partial charge >= 0.3 is 6.09 Å². The molecule has 0 bridgehead atoms. The van der Waals surface area contributed by atoms with Crippen LogP contribution in [0.3, 0.4) is 0 Å². The molecule has 26 heavy (non-hydrogen) atoms. The van der Waals surface area contributed by atoms with Crippen LogP contribution in [0.25, 0.3) is 11.3 Å². The molecule has 1 aliphatic rings. The van der Waals surface area contributed by atoms with Crippen LogP contribution in [0.4, 0.5) is 9.93 Å². The molecule has 6 heteroatoms. The van der Waals surface area contributed by atoms with Crippen molar-refractivity contribution in [1.29, 1.82) is 0 Å². The molecule has 1 N–H and O–H groups in total. The van der Waals surface area contributed by atoms with Crippen molar-refractivity contribution in [3.05, 3.63) is 35.7 Å². The van der Waals surface area contributed by atoms with E-state index in [2.05, 4.69) is 34.7 Å². The number of piperidine rings is 1. The van der Waals surface area contributed by atoms with Gasteiger partial charge in [-0.2, -0.15) is 0 Å². The van der Waals surface area contributed by atoms with Crippen LogP contribution >= 0.6 is 11.3 Å². The summed E-state index contributed by atoms with van der Waals surface area (Å²) in [4.78, 5) is 19.1. The van der Waals surface area contributed by atoms with Gasteiger partial charge in [-0.25, -0.2) is 9.78 Å². The molecule has 0 spiro atoms. The van der Waals surface area contributed by atoms with Crippen molar-refractivity contribution >= 4 is 22.6 Å². The maximum atomic E-state index is 12.0. The zero-order valence-corrected chi connectivity index (χ0v) is 16.7. The fourth-order valence-corrected chi connectivity index (χ4v) is 4.16. The highest BCUT2D eigenvalue weighted by Crippen LogP contribution is 2.31. The quantitative estimate of drug-likeness (QED) is 0.848. The van der Waals surface area contributed by atoms with E-state index in [-0.39, 0.29) is 12.1 Å². The third-order valence-corrected chi connectivity index (χ3v) is 5.28. The molecule has 2 heterocycles. The molecule has 1 aromatic carbocycles. The minimum Gasteiger partial charge on any atom is -0.444 e. The minimum absolute atomic E-state index is 0.143. The summed E-state index contributed by atoms with van der Waals surface area (Å²) >= 11 is 1.68. The summed E-state index contributed by atoms with van der Waals surface area (Å²) in [5.74, 6) is 0. The molecule has 3 rings (SSSR count). The van der Waals surface area contributed by atoms with Gasteiger partial charge in [-0.1, -0.05) is 30.3 Å². The lowest BCUT2D eigenvalue weighted by atomic mass is 9.99. The smallest absolute Gasteiger partial charge is 0.407 e. The van der Waals surface area contributed by atoms with Gasteiger partial charge in [-0.15, -0.1) is 11.3 Å². The number of amides is 1. The lowest BCUT2D eigenvalue weighted by Crippen LogP contribution is -2.49. The van der Waals surface area contributed by atoms with Crippen LogP contribution in [-0.2, 0) is 4.74 Å². The van der Waals surface area contributed by atoms with Gasteiger partial charge in [0.25, 0.3) is 0 Å². The fraction of sp³-hybridized carbons (Fsp3) is 0.500. The molecule has 2 unspecified atom stereocenters. The average Bonchev–Trinajstić information content (AvgIpc) is 3.03. The molecule has 0 aliphatic carbocycles. The minimum atomic E-state index is -0.467. The Bertz CT molecular complexity index is 739. The number of hydrogen-bond acceptors (Lipinski definition) is 5. The molecule has 2 aromatic rings. The van der Waals surface area contributed by atoms with E-state index >= 15 is 0 Å². The third kappa shape index (κ3) is 4.75. The van der Waals surface area contributed by atoms with Gasteiger partial charge in [-0.05, 0) is 40.5 Å². The number of carbonyl (C=O) groups excluding carboxylic acids is 1. The Morgan fingerprint density at radius 3 is 2.69 bits per heavy atom. The van der Waals surface area contributed by atoms with Gasteiger partial charge in [0, 0.05) is 29.6 Å². The number of alkyl carbamates (subject to hydrolysis) is 1. The van der Waals surface area contributed by atoms with Crippen LogP contribution in [0.2, 0.25) is 0 Å².